The van der Waals surface area contributed by atoms with Crippen LogP contribution in [0.4, 0.5) is 5.69 Å². The number of phenolic OH excluding ortho intramolecular Hbond substituents is 1. The predicted octanol–water partition coefficient (Wildman–Crippen LogP) is 4.98. The average molecular weight is 370 g/mol. The van der Waals surface area contributed by atoms with Crippen LogP contribution in [0.2, 0.25) is 0 Å². The normalized spacial score (nSPS) is 11.1. The molecule has 0 heterocycles. The van der Waals surface area contributed by atoms with E-state index in [4.69, 9.17) is 4.74 Å². The second-order valence-electron chi connectivity index (χ2n) is 7.41. The van der Waals surface area contributed by atoms with Crippen molar-refractivity contribution >= 4 is 11.7 Å². The molecule has 4 heteroatoms. The Morgan fingerprint density at radius 2 is 1.63 bits per heavy atom. The number of rotatable bonds is 8. The Kier molecular flexibility index (Phi) is 7.28. The van der Waals surface area contributed by atoms with Gasteiger partial charge in [-0.3, -0.25) is 0 Å². The molecule has 0 aliphatic rings. The van der Waals surface area contributed by atoms with Crippen molar-refractivity contribution in [3.63, 3.8) is 0 Å². The maximum absolute atomic E-state index is 11.7. The van der Waals surface area contributed by atoms with Gasteiger partial charge in [-0.1, -0.05) is 18.2 Å². The number of para-hydroxylation sites is 1. The van der Waals surface area contributed by atoms with Crippen LogP contribution in [0.1, 0.15) is 55.6 Å². The van der Waals surface area contributed by atoms with E-state index in [2.05, 4.69) is 56.9 Å². The third kappa shape index (κ3) is 5.25. The number of benzene rings is 2. The molecule has 0 aliphatic heterocycles. The second-order valence-corrected chi connectivity index (χ2v) is 7.41. The van der Waals surface area contributed by atoms with Crippen molar-refractivity contribution in [1.82, 2.24) is 0 Å². The summed E-state index contributed by atoms with van der Waals surface area (Å²) in [5.74, 6) is -0.159. The summed E-state index contributed by atoms with van der Waals surface area (Å²) in [6, 6.07) is 14.2. The predicted molar refractivity (Wildman–Crippen MR) is 111 cm³/mol. The van der Waals surface area contributed by atoms with Crippen molar-refractivity contribution in [1.29, 1.82) is 0 Å². The van der Waals surface area contributed by atoms with Gasteiger partial charge in [0.15, 0.2) is 0 Å². The van der Waals surface area contributed by atoms with E-state index in [0.29, 0.717) is 24.1 Å². The first-order valence-electron chi connectivity index (χ1n) is 9.61. The summed E-state index contributed by atoms with van der Waals surface area (Å²) in [6.45, 7) is 8.86. The van der Waals surface area contributed by atoms with Crippen LogP contribution in [0.3, 0.4) is 0 Å². The molecule has 0 saturated carbocycles. The molecule has 2 rings (SSSR count). The fourth-order valence-electron chi connectivity index (χ4n) is 3.63. The third-order valence-electron chi connectivity index (χ3n) is 4.78. The van der Waals surface area contributed by atoms with Crippen molar-refractivity contribution in [2.75, 3.05) is 12.0 Å². The number of esters is 1. The average Bonchev–Trinajstić information content (AvgIpc) is 2.63. The molecule has 0 unspecified atom stereocenters. The fraction of sp³-hybridized carbons (Fsp3) is 0.435. The van der Waals surface area contributed by atoms with E-state index >= 15 is 0 Å². The zero-order valence-corrected chi connectivity index (χ0v) is 17.0. The SMILES string of the molecule is COC(=O)c1ccc(O)c(CCCc2ccccc2N(C(C)C)C(C)C)c1. The molecule has 0 fully saturated rings. The molecule has 146 valence electrons. The standard InChI is InChI=1S/C23H31NO3/c1-16(2)24(17(3)4)21-12-7-6-9-18(21)10-8-11-19-15-20(23(26)27-5)13-14-22(19)25/h6-7,9,12-17,25H,8,10-11H2,1-5H3. The number of hydrogen-bond donors (Lipinski definition) is 1. The van der Waals surface area contributed by atoms with Crippen molar-refractivity contribution < 1.29 is 14.6 Å². The lowest BCUT2D eigenvalue weighted by atomic mass is 9.99. The Morgan fingerprint density at radius 1 is 1.00 bits per heavy atom. The van der Waals surface area contributed by atoms with Gasteiger partial charge in [-0.25, -0.2) is 4.79 Å². The molecule has 27 heavy (non-hydrogen) atoms. The van der Waals surface area contributed by atoms with Gasteiger partial charge in [0.25, 0.3) is 0 Å². The Bertz CT molecular complexity index is 760. The zero-order chi connectivity index (χ0) is 20.0. The number of anilines is 1. The molecule has 2 aromatic rings. The van der Waals surface area contributed by atoms with E-state index in [0.717, 1.165) is 18.4 Å². The Hall–Kier alpha value is -2.49. The molecule has 0 amide bonds. The minimum Gasteiger partial charge on any atom is -0.508 e. The van der Waals surface area contributed by atoms with Crippen molar-refractivity contribution in [3.05, 3.63) is 59.2 Å². The molecule has 2 aromatic carbocycles. The molecular weight excluding hydrogens is 338 g/mol. The van der Waals surface area contributed by atoms with Gasteiger partial charge < -0.3 is 14.7 Å². The summed E-state index contributed by atoms with van der Waals surface area (Å²) in [4.78, 5) is 14.1. The summed E-state index contributed by atoms with van der Waals surface area (Å²) >= 11 is 0. The molecule has 4 nitrogen and oxygen atoms in total. The molecule has 0 aliphatic carbocycles. The maximum Gasteiger partial charge on any atom is 0.337 e. The molecule has 0 aromatic heterocycles. The number of ether oxygens (including phenoxy) is 1. The van der Waals surface area contributed by atoms with E-state index in [1.807, 2.05) is 0 Å². The van der Waals surface area contributed by atoms with Gasteiger partial charge in [0, 0.05) is 17.8 Å². The number of nitrogens with zero attached hydrogens (tertiary/aromatic N) is 1. The Morgan fingerprint density at radius 3 is 2.26 bits per heavy atom. The summed E-state index contributed by atoms with van der Waals surface area (Å²) in [6.07, 6.45) is 2.50. The van der Waals surface area contributed by atoms with Crippen LogP contribution < -0.4 is 4.90 Å². The van der Waals surface area contributed by atoms with Crippen LogP contribution in [0.25, 0.3) is 0 Å². The zero-order valence-electron chi connectivity index (χ0n) is 17.0. The van der Waals surface area contributed by atoms with E-state index < -0.39 is 0 Å². The number of aromatic hydroxyl groups is 1. The van der Waals surface area contributed by atoms with Gasteiger partial charge in [0.2, 0.25) is 0 Å². The van der Waals surface area contributed by atoms with Gasteiger partial charge in [-0.15, -0.1) is 0 Å². The van der Waals surface area contributed by atoms with E-state index in [-0.39, 0.29) is 11.7 Å². The largest absolute Gasteiger partial charge is 0.508 e. The van der Waals surface area contributed by atoms with Gasteiger partial charge in [-0.05, 0) is 82.3 Å². The lowest BCUT2D eigenvalue weighted by molar-refractivity contribution is 0.0600. The quantitative estimate of drug-likeness (QED) is 0.667. The van der Waals surface area contributed by atoms with E-state index in [9.17, 15) is 9.90 Å². The maximum atomic E-state index is 11.7. The first-order chi connectivity index (χ1) is 12.8. The van der Waals surface area contributed by atoms with Crippen LogP contribution in [-0.2, 0) is 17.6 Å². The molecule has 0 radical (unpaired) electrons. The number of carbonyl (C=O) groups is 1. The highest BCUT2D eigenvalue weighted by atomic mass is 16.5. The molecule has 0 spiro atoms. The number of hydrogen-bond acceptors (Lipinski definition) is 4. The van der Waals surface area contributed by atoms with Crippen LogP contribution in [-0.4, -0.2) is 30.3 Å². The van der Waals surface area contributed by atoms with Gasteiger partial charge in [-0.2, -0.15) is 0 Å². The number of aryl methyl sites for hydroxylation is 2. The molecule has 0 saturated heterocycles. The fourth-order valence-corrected chi connectivity index (χ4v) is 3.63. The van der Waals surface area contributed by atoms with Gasteiger partial charge >= 0.3 is 5.97 Å². The van der Waals surface area contributed by atoms with E-state index in [1.54, 1.807) is 18.2 Å². The molecule has 1 N–H and O–H groups in total. The third-order valence-corrected chi connectivity index (χ3v) is 4.78. The van der Waals surface area contributed by atoms with Crippen molar-refractivity contribution in [3.8, 4) is 5.75 Å². The van der Waals surface area contributed by atoms with E-state index in [1.165, 1.54) is 18.4 Å². The van der Waals surface area contributed by atoms with Gasteiger partial charge in [0.05, 0.1) is 12.7 Å². The summed E-state index contributed by atoms with van der Waals surface area (Å²) < 4.78 is 4.77. The monoisotopic (exact) mass is 369 g/mol. The van der Waals surface area contributed by atoms with Crippen LogP contribution in [0.5, 0.6) is 5.75 Å². The highest BCUT2D eigenvalue weighted by Crippen LogP contribution is 2.27. The highest BCUT2D eigenvalue weighted by molar-refractivity contribution is 5.89. The van der Waals surface area contributed by atoms with Crippen LogP contribution in [0, 0.1) is 0 Å². The molecular formula is C23H31NO3. The minimum atomic E-state index is -0.383. The van der Waals surface area contributed by atoms with Crippen LogP contribution >= 0.6 is 0 Å². The number of methoxy groups -OCH3 is 1. The summed E-state index contributed by atoms with van der Waals surface area (Å²) in [5.41, 5.74) is 3.83. The summed E-state index contributed by atoms with van der Waals surface area (Å²) in [7, 11) is 1.36. The minimum absolute atomic E-state index is 0.224. The molecule has 0 bridgehead atoms. The van der Waals surface area contributed by atoms with Crippen molar-refractivity contribution in [2.45, 2.75) is 59.0 Å². The first kappa shape index (κ1) is 20.8. The Balaban J connectivity index is 2.14. The lowest BCUT2D eigenvalue weighted by Gasteiger charge is -2.34. The summed E-state index contributed by atoms with van der Waals surface area (Å²) in [5, 5.41) is 10.1. The van der Waals surface area contributed by atoms with Crippen molar-refractivity contribution in [2.24, 2.45) is 0 Å². The number of phenols is 1. The first-order valence-corrected chi connectivity index (χ1v) is 9.61. The second kappa shape index (κ2) is 9.45. The smallest absolute Gasteiger partial charge is 0.337 e. The van der Waals surface area contributed by atoms with Crippen LogP contribution in [0.15, 0.2) is 42.5 Å². The Labute approximate surface area is 162 Å². The topological polar surface area (TPSA) is 49.8 Å². The number of carbonyl (C=O) groups excluding carboxylic acids is 1. The highest BCUT2D eigenvalue weighted by Gasteiger charge is 2.17. The lowest BCUT2D eigenvalue weighted by Crippen LogP contribution is -2.37. The van der Waals surface area contributed by atoms with Gasteiger partial charge in [0.1, 0.15) is 5.75 Å². The molecule has 0 atom stereocenters.